The van der Waals surface area contributed by atoms with Crippen LogP contribution in [0.5, 0.6) is 0 Å². The molecule has 1 aliphatic heterocycles. The van der Waals surface area contributed by atoms with Gasteiger partial charge in [-0.2, -0.15) is 4.31 Å². The molecule has 1 heterocycles. The fraction of sp³-hybridized carbons (Fsp3) is 0.455. The molecule has 0 radical (unpaired) electrons. The molecule has 1 fully saturated rings. The minimum absolute atomic E-state index is 0.409. The van der Waals surface area contributed by atoms with Gasteiger partial charge in [0.25, 0.3) is 0 Å². The van der Waals surface area contributed by atoms with E-state index in [4.69, 9.17) is 0 Å². The molecule has 1 saturated heterocycles. The molecule has 0 unspecified atom stereocenters. The van der Waals surface area contributed by atoms with Crippen LogP contribution in [0.4, 0.5) is 0 Å². The first-order valence-electron chi connectivity index (χ1n) is 5.31. The van der Waals surface area contributed by atoms with E-state index in [1.807, 2.05) is 12.1 Å². The lowest BCUT2D eigenvalue weighted by Gasteiger charge is -2.14. The zero-order chi connectivity index (χ0) is 11.6. The molecule has 0 saturated carbocycles. The maximum absolute atomic E-state index is 12.1. The van der Waals surface area contributed by atoms with Gasteiger partial charge in [-0.1, -0.05) is 19.1 Å². The van der Waals surface area contributed by atoms with E-state index in [1.165, 1.54) is 0 Å². The van der Waals surface area contributed by atoms with Crippen molar-refractivity contribution in [3.63, 3.8) is 0 Å². The summed E-state index contributed by atoms with van der Waals surface area (Å²) in [5, 5.41) is 0. The first kappa shape index (κ1) is 12.0. The van der Waals surface area contributed by atoms with Crippen LogP contribution in [0.1, 0.15) is 12.5 Å². The number of benzene rings is 1. The van der Waals surface area contributed by atoms with Gasteiger partial charge in [-0.05, 0) is 24.1 Å². The number of thioether (sulfide) groups is 1. The van der Waals surface area contributed by atoms with Crippen LogP contribution < -0.4 is 0 Å². The van der Waals surface area contributed by atoms with Gasteiger partial charge in [0.15, 0.2) is 0 Å². The van der Waals surface area contributed by atoms with Gasteiger partial charge >= 0.3 is 0 Å². The van der Waals surface area contributed by atoms with Crippen LogP contribution in [0.2, 0.25) is 0 Å². The van der Waals surface area contributed by atoms with Crippen molar-refractivity contribution in [2.45, 2.75) is 18.2 Å². The summed E-state index contributed by atoms with van der Waals surface area (Å²) < 4.78 is 25.8. The summed E-state index contributed by atoms with van der Waals surface area (Å²) in [5.41, 5.74) is 1.16. The Morgan fingerprint density at radius 2 is 2.00 bits per heavy atom. The summed E-state index contributed by atoms with van der Waals surface area (Å²) >= 11 is 1.66. The summed E-state index contributed by atoms with van der Waals surface area (Å²) in [6, 6.07) is 7.18. The normalized spacial score (nSPS) is 17.8. The lowest BCUT2D eigenvalue weighted by Crippen LogP contribution is -2.27. The lowest BCUT2D eigenvalue weighted by atomic mass is 10.2. The van der Waals surface area contributed by atoms with Gasteiger partial charge in [0, 0.05) is 12.3 Å². The molecular formula is C11H15NO2S2. The summed E-state index contributed by atoms with van der Waals surface area (Å²) in [4.78, 5) is 0.409. The number of sulfonamides is 1. The zero-order valence-electron chi connectivity index (χ0n) is 9.22. The van der Waals surface area contributed by atoms with Crippen LogP contribution in [0.15, 0.2) is 29.2 Å². The van der Waals surface area contributed by atoms with E-state index < -0.39 is 10.0 Å². The lowest BCUT2D eigenvalue weighted by molar-refractivity contribution is 0.489. The third-order valence-electron chi connectivity index (χ3n) is 2.69. The fourth-order valence-electron chi connectivity index (χ4n) is 1.63. The number of nitrogens with zero attached hydrogens (tertiary/aromatic N) is 1. The Bertz CT molecular complexity index is 447. The fourth-order valence-corrected chi connectivity index (χ4v) is 4.45. The molecule has 0 N–H and O–H groups in total. The van der Waals surface area contributed by atoms with Crippen molar-refractivity contribution >= 4 is 21.8 Å². The molecule has 2 rings (SSSR count). The standard InChI is InChI=1S/C11H15NO2S2/c1-2-10-3-5-11(6-4-10)16(13,14)12-7-8-15-9-12/h3-6H,2,7-9H2,1H3. The molecule has 16 heavy (non-hydrogen) atoms. The van der Waals surface area contributed by atoms with Gasteiger partial charge < -0.3 is 0 Å². The molecule has 88 valence electrons. The molecule has 1 aromatic carbocycles. The van der Waals surface area contributed by atoms with Crippen molar-refractivity contribution < 1.29 is 8.42 Å². The Labute approximate surface area is 101 Å². The third kappa shape index (κ3) is 2.26. The Balaban J connectivity index is 2.28. The average molecular weight is 257 g/mol. The average Bonchev–Trinajstić information content (AvgIpc) is 2.83. The number of hydrogen-bond acceptors (Lipinski definition) is 3. The SMILES string of the molecule is CCc1ccc(S(=O)(=O)N2CCSC2)cc1. The molecule has 0 atom stereocenters. The monoisotopic (exact) mass is 257 g/mol. The van der Waals surface area contributed by atoms with Crippen LogP contribution >= 0.6 is 11.8 Å². The topological polar surface area (TPSA) is 37.4 Å². The van der Waals surface area contributed by atoms with Crippen molar-refractivity contribution in [1.29, 1.82) is 0 Å². The van der Waals surface area contributed by atoms with Crippen LogP contribution in [0.25, 0.3) is 0 Å². The van der Waals surface area contributed by atoms with Gasteiger partial charge in [0.1, 0.15) is 0 Å². The minimum atomic E-state index is -3.25. The highest BCUT2D eigenvalue weighted by molar-refractivity contribution is 8.00. The van der Waals surface area contributed by atoms with Gasteiger partial charge in [0.2, 0.25) is 10.0 Å². The third-order valence-corrected chi connectivity index (χ3v) is 5.68. The molecule has 1 aromatic rings. The van der Waals surface area contributed by atoms with E-state index in [2.05, 4.69) is 6.92 Å². The van der Waals surface area contributed by atoms with E-state index in [-0.39, 0.29) is 0 Å². The Kier molecular flexibility index (Phi) is 3.56. The van der Waals surface area contributed by atoms with Crippen molar-refractivity contribution in [2.24, 2.45) is 0 Å². The molecule has 0 spiro atoms. The first-order valence-corrected chi connectivity index (χ1v) is 7.91. The van der Waals surface area contributed by atoms with Gasteiger partial charge in [-0.3, -0.25) is 0 Å². The van der Waals surface area contributed by atoms with Crippen molar-refractivity contribution in [3.8, 4) is 0 Å². The van der Waals surface area contributed by atoms with Crippen molar-refractivity contribution in [1.82, 2.24) is 4.31 Å². The predicted octanol–water partition coefficient (Wildman–Crippen LogP) is 1.94. The number of hydrogen-bond donors (Lipinski definition) is 0. The highest BCUT2D eigenvalue weighted by atomic mass is 32.2. The quantitative estimate of drug-likeness (QED) is 0.830. The second-order valence-electron chi connectivity index (χ2n) is 3.72. The summed E-state index contributed by atoms with van der Waals surface area (Å²) in [6.45, 7) is 2.68. The molecular weight excluding hydrogens is 242 g/mol. The molecule has 0 aromatic heterocycles. The summed E-state index contributed by atoms with van der Waals surface area (Å²) in [5.74, 6) is 1.48. The smallest absolute Gasteiger partial charge is 0.207 e. The molecule has 0 amide bonds. The highest BCUT2D eigenvalue weighted by Crippen LogP contribution is 2.23. The Morgan fingerprint density at radius 1 is 1.31 bits per heavy atom. The molecule has 1 aliphatic rings. The van der Waals surface area contributed by atoms with Crippen LogP contribution in [-0.4, -0.2) is 30.9 Å². The Hall–Kier alpha value is -0.520. The number of rotatable bonds is 3. The highest BCUT2D eigenvalue weighted by Gasteiger charge is 2.27. The van der Waals surface area contributed by atoms with Crippen LogP contribution in [-0.2, 0) is 16.4 Å². The second kappa shape index (κ2) is 4.77. The van der Waals surface area contributed by atoms with Gasteiger partial charge in [-0.15, -0.1) is 11.8 Å². The van der Waals surface area contributed by atoms with Crippen LogP contribution in [0.3, 0.4) is 0 Å². The largest absolute Gasteiger partial charge is 0.243 e. The number of aryl methyl sites for hydroxylation is 1. The van der Waals surface area contributed by atoms with E-state index in [0.717, 1.165) is 17.7 Å². The molecule has 0 bridgehead atoms. The van der Waals surface area contributed by atoms with Crippen molar-refractivity contribution in [3.05, 3.63) is 29.8 Å². The zero-order valence-corrected chi connectivity index (χ0v) is 10.9. The molecule has 0 aliphatic carbocycles. The maximum atomic E-state index is 12.1. The first-order chi connectivity index (χ1) is 7.64. The minimum Gasteiger partial charge on any atom is -0.207 e. The molecule has 5 heteroatoms. The summed E-state index contributed by atoms with van der Waals surface area (Å²) in [7, 11) is -3.25. The van der Waals surface area contributed by atoms with Gasteiger partial charge in [0.05, 0.1) is 10.8 Å². The molecule has 3 nitrogen and oxygen atoms in total. The van der Waals surface area contributed by atoms with Crippen molar-refractivity contribution in [2.75, 3.05) is 18.2 Å². The van der Waals surface area contributed by atoms with E-state index in [1.54, 1.807) is 28.2 Å². The maximum Gasteiger partial charge on any atom is 0.243 e. The predicted molar refractivity (Wildman–Crippen MR) is 67.0 cm³/mol. The van der Waals surface area contributed by atoms with Crippen LogP contribution in [0, 0.1) is 0 Å². The van der Waals surface area contributed by atoms with E-state index in [0.29, 0.717) is 17.3 Å². The Morgan fingerprint density at radius 3 is 2.50 bits per heavy atom. The van der Waals surface area contributed by atoms with E-state index >= 15 is 0 Å². The second-order valence-corrected chi connectivity index (χ2v) is 6.73. The van der Waals surface area contributed by atoms with E-state index in [9.17, 15) is 8.42 Å². The van der Waals surface area contributed by atoms with Gasteiger partial charge in [-0.25, -0.2) is 8.42 Å². The summed E-state index contributed by atoms with van der Waals surface area (Å²) in [6.07, 6.45) is 0.930.